The molecule has 0 aliphatic carbocycles. The van der Waals surface area contributed by atoms with Crippen molar-refractivity contribution in [1.29, 1.82) is 0 Å². The van der Waals surface area contributed by atoms with Crippen LogP contribution in [0.3, 0.4) is 0 Å². The number of nitrogens with zero attached hydrogens (tertiary/aromatic N) is 1. The molecule has 0 fully saturated rings. The van der Waals surface area contributed by atoms with Crippen LogP contribution in [0.25, 0.3) is 0 Å². The molecule has 0 saturated carbocycles. The smallest absolute Gasteiger partial charge is 0.293 e. The quantitative estimate of drug-likeness (QED) is 0.508. The number of benzene rings is 1. The molecule has 1 heterocycles. The van der Waals surface area contributed by atoms with E-state index in [2.05, 4.69) is 5.32 Å². The Morgan fingerprint density at radius 3 is 2.65 bits per heavy atom. The van der Waals surface area contributed by atoms with Gasteiger partial charge in [-0.05, 0) is 30.7 Å². The summed E-state index contributed by atoms with van der Waals surface area (Å²) in [5.74, 6) is 0.490. The Balaban J connectivity index is 2.40. The van der Waals surface area contributed by atoms with Gasteiger partial charge in [0.05, 0.1) is 22.1 Å². The van der Waals surface area contributed by atoms with E-state index in [1.54, 1.807) is 12.1 Å². The molecule has 0 saturated heterocycles. The lowest BCUT2D eigenvalue weighted by molar-refractivity contribution is -0.384. The van der Waals surface area contributed by atoms with Crippen molar-refractivity contribution in [3.63, 3.8) is 0 Å². The van der Waals surface area contributed by atoms with Gasteiger partial charge in [-0.15, -0.1) is 0 Å². The van der Waals surface area contributed by atoms with E-state index in [1.807, 2.05) is 0 Å². The number of nitro benzene ring substituents is 1. The summed E-state index contributed by atoms with van der Waals surface area (Å²) in [5.41, 5.74) is -0.344. The Morgan fingerprint density at radius 2 is 2.13 bits per heavy atom. The second-order valence-corrected chi connectivity index (χ2v) is 6.27. The molecule has 124 valence electrons. The van der Waals surface area contributed by atoms with E-state index in [-0.39, 0.29) is 23.6 Å². The molecule has 0 amide bonds. The van der Waals surface area contributed by atoms with E-state index in [1.165, 1.54) is 18.4 Å². The van der Waals surface area contributed by atoms with Gasteiger partial charge in [0.25, 0.3) is 5.69 Å². The second kappa shape index (κ2) is 6.77. The molecule has 1 aromatic carbocycles. The van der Waals surface area contributed by atoms with Crippen LogP contribution in [0.2, 0.25) is 0 Å². The van der Waals surface area contributed by atoms with Gasteiger partial charge >= 0.3 is 0 Å². The fourth-order valence-electron chi connectivity index (χ4n) is 2.05. The minimum absolute atomic E-state index is 0.0947. The predicted molar refractivity (Wildman–Crippen MR) is 81.2 cm³/mol. The number of aliphatic hydroxyl groups excluding tert-OH is 1. The SMILES string of the molecule is NS(=O)(=O)c1ccc(NC(CCO)c2ccco2)c([N+](=O)[O-])c1. The first kappa shape index (κ1) is 16.9. The van der Waals surface area contributed by atoms with Crippen LogP contribution in [0.5, 0.6) is 0 Å². The Bertz CT molecular complexity index is 788. The Kier molecular flexibility index (Phi) is 4.98. The van der Waals surface area contributed by atoms with Crippen molar-refractivity contribution in [3.05, 3.63) is 52.5 Å². The molecule has 0 radical (unpaired) electrons. The first-order chi connectivity index (χ1) is 10.8. The Hall–Kier alpha value is -2.43. The second-order valence-electron chi connectivity index (χ2n) is 4.71. The molecule has 2 rings (SSSR count). The van der Waals surface area contributed by atoms with Crippen molar-refractivity contribution in [3.8, 4) is 0 Å². The van der Waals surface area contributed by atoms with E-state index in [0.717, 1.165) is 6.07 Å². The van der Waals surface area contributed by atoms with Crippen LogP contribution < -0.4 is 10.5 Å². The molecule has 2 aromatic rings. The molecule has 1 unspecified atom stereocenters. The van der Waals surface area contributed by atoms with Crippen LogP contribution >= 0.6 is 0 Å². The molecular formula is C13H15N3O6S. The number of aliphatic hydroxyl groups is 1. The van der Waals surface area contributed by atoms with Crippen molar-refractivity contribution < 1.29 is 22.9 Å². The molecule has 4 N–H and O–H groups in total. The summed E-state index contributed by atoms with van der Waals surface area (Å²) in [5, 5.41) is 28.2. The number of nitro groups is 1. The highest BCUT2D eigenvalue weighted by molar-refractivity contribution is 7.89. The summed E-state index contributed by atoms with van der Waals surface area (Å²) < 4.78 is 27.9. The molecule has 10 heteroatoms. The summed E-state index contributed by atoms with van der Waals surface area (Å²) in [7, 11) is -4.05. The normalized spacial score (nSPS) is 12.8. The van der Waals surface area contributed by atoms with Gasteiger partial charge in [0.2, 0.25) is 10.0 Å². The van der Waals surface area contributed by atoms with E-state index in [0.29, 0.717) is 5.76 Å². The van der Waals surface area contributed by atoms with Crippen molar-refractivity contribution in [1.82, 2.24) is 0 Å². The zero-order chi connectivity index (χ0) is 17.0. The van der Waals surface area contributed by atoms with Gasteiger partial charge in [0.15, 0.2) is 0 Å². The third kappa shape index (κ3) is 4.06. The van der Waals surface area contributed by atoms with Gasteiger partial charge in [0.1, 0.15) is 11.4 Å². The lowest BCUT2D eigenvalue weighted by Crippen LogP contribution is -2.15. The topological polar surface area (TPSA) is 149 Å². The standard InChI is InChI=1S/C13H15N3O6S/c14-23(20,21)9-3-4-10(12(8-9)16(18)19)15-11(5-6-17)13-2-1-7-22-13/h1-4,7-8,11,15,17H,5-6H2,(H2,14,20,21). The Labute approximate surface area is 131 Å². The van der Waals surface area contributed by atoms with Crippen LogP contribution in [-0.4, -0.2) is 25.1 Å². The maximum atomic E-state index is 11.3. The summed E-state index contributed by atoms with van der Waals surface area (Å²) in [6.45, 7) is -0.165. The van der Waals surface area contributed by atoms with Gasteiger partial charge in [-0.25, -0.2) is 13.6 Å². The average Bonchev–Trinajstić information content (AvgIpc) is 2.99. The summed E-state index contributed by atoms with van der Waals surface area (Å²) >= 11 is 0. The average molecular weight is 341 g/mol. The van der Waals surface area contributed by atoms with E-state index in [4.69, 9.17) is 14.7 Å². The van der Waals surface area contributed by atoms with E-state index < -0.39 is 26.7 Å². The molecule has 0 spiro atoms. The van der Waals surface area contributed by atoms with Crippen LogP contribution in [0.1, 0.15) is 18.2 Å². The molecule has 1 aromatic heterocycles. The molecule has 9 nitrogen and oxygen atoms in total. The lowest BCUT2D eigenvalue weighted by atomic mass is 10.1. The maximum absolute atomic E-state index is 11.3. The number of rotatable bonds is 7. The number of nitrogens with two attached hydrogens (primary N) is 1. The van der Waals surface area contributed by atoms with Gasteiger partial charge in [-0.2, -0.15) is 0 Å². The zero-order valence-corrected chi connectivity index (χ0v) is 12.7. The number of hydrogen-bond acceptors (Lipinski definition) is 7. The summed E-state index contributed by atoms with van der Waals surface area (Å²) in [4.78, 5) is 10.1. The summed E-state index contributed by atoms with van der Waals surface area (Å²) in [6.07, 6.45) is 1.70. The van der Waals surface area contributed by atoms with Gasteiger partial charge in [0, 0.05) is 12.7 Å². The van der Waals surface area contributed by atoms with Crippen molar-refractivity contribution in [2.24, 2.45) is 5.14 Å². The minimum Gasteiger partial charge on any atom is -0.467 e. The van der Waals surface area contributed by atoms with E-state index in [9.17, 15) is 18.5 Å². The predicted octanol–water partition coefficient (Wildman–Crippen LogP) is 1.37. The first-order valence-corrected chi connectivity index (χ1v) is 8.09. The zero-order valence-electron chi connectivity index (χ0n) is 11.9. The number of nitrogens with one attached hydrogen (secondary N) is 1. The largest absolute Gasteiger partial charge is 0.467 e. The molecular weight excluding hydrogens is 326 g/mol. The Morgan fingerprint density at radius 1 is 1.39 bits per heavy atom. The van der Waals surface area contributed by atoms with Crippen LogP contribution in [0.15, 0.2) is 45.9 Å². The molecule has 23 heavy (non-hydrogen) atoms. The first-order valence-electron chi connectivity index (χ1n) is 6.55. The van der Waals surface area contributed by atoms with Crippen molar-refractivity contribution >= 4 is 21.4 Å². The minimum atomic E-state index is -4.05. The molecule has 0 bridgehead atoms. The summed E-state index contributed by atoms with van der Waals surface area (Å²) in [6, 6.07) is 6.12. The fraction of sp³-hybridized carbons (Fsp3) is 0.231. The van der Waals surface area contributed by atoms with Crippen LogP contribution in [0, 0.1) is 10.1 Å². The highest BCUT2D eigenvalue weighted by atomic mass is 32.2. The highest BCUT2D eigenvalue weighted by Crippen LogP contribution is 2.31. The number of anilines is 1. The monoisotopic (exact) mass is 341 g/mol. The number of primary sulfonamides is 1. The van der Waals surface area contributed by atoms with Crippen molar-refractivity contribution in [2.45, 2.75) is 17.4 Å². The van der Waals surface area contributed by atoms with Crippen molar-refractivity contribution in [2.75, 3.05) is 11.9 Å². The van der Waals surface area contributed by atoms with E-state index >= 15 is 0 Å². The molecule has 1 atom stereocenters. The highest BCUT2D eigenvalue weighted by Gasteiger charge is 2.22. The lowest BCUT2D eigenvalue weighted by Gasteiger charge is -2.17. The van der Waals surface area contributed by atoms with Gasteiger partial charge < -0.3 is 14.8 Å². The number of sulfonamides is 1. The van der Waals surface area contributed by atoms with Gasteiger partial charge in [-0.1, -0.05) is 0 Å². The number of hydrogen-bond donors (Lipinski definition) is 3. The van der Waals surface area contributed by atoms with Crippen LogP contribution in [-0.2, 0) is 10.0 Å². The fourth-order valence-corrected chi connectivity index (χ4v) is 2.59. The van der Waals surface area contributed by atoms with Crippen LogP contribution in [0.4, 0.5) is 11.4 Å². The molecule has 0 aliphatic rings. The molecule has 0 aliphatic heterocycles. The third-order valence-electron chi connectivity index (χ3n) is 3.13. The number of furan rings is 1. The van der Waals surface area contributed by atoms with Gasteiger partial charge in [-0.3, -0.25) is 10.1 Å². The maximum Gasteiger partial charge on any atom is 0.293 e. The third-order valence-corrected chi connectivity index (χ3v) is 4.04.